The number of allylic oxidation sites excluding steroid dienone is 1. The average Bonchev–Trinajstić information content (AvgIpc) is 2.31. The van der Waals surface area contributed by atoms with E-state index in [1.165, 1.54) is 6.20 Å². The van der Waals surface area contributed by atoms with Crippen LogP contribution in [0.15, 0.2) is 18.6 Å². The van der Waals surface area contributed by atoms with Crippen LogP contribution in [0.5, 0.6) is 0 Å². The third-order valence-corrected chi connectivity index (χ3v) is 1.38. The van der Waals surface area contributed by atoms with Crippen LogP contribution in [0.4, 0.5) is 0 Å². The molecule has 0 atom stereocenters. The van der Waals surface area contributed by atoms with Crippen LogP contribution in [-0.2, 0) is 6.54 Å². The Labute approximate surface area is 63.4 Å². The number of H-pyrrole nitrogens is 1. The molecule has 0 aliphatic rings. The minimum absolute atomic E-state index is 0.609. The molecule has 0 saturated carbocycles. The topological polar surface area (TPSA) is 59.6 Å². The maximum absolute atomic E-state index is 5.14. The van der Waals surface area contributed by atoms with E-state index in [0.717, 1.165) is 0 Å². The summed E-state index contributed by atoms with van der Waals surface area (Å²) in [5.74, 6) is 0. The zero-order valence-corrected chi connectivity index (χ0v) is 6.14. The first kappa shape index (κ1) is 7.01. The van der Waals surface area contributed by atoms with Crippen LogP contribution in [0.3, 0.4) is 0 Å². The molecule has 5 heteroatoms. The monoisotopic (exact) mass is 156 g/mol. The highest BCUT2D eigenvalue weighted by molar-refractivity contribution is 7.71. The lowest BCUT2D eigenvalue weighted by Gasteiger charge is -1.90. The fourth-order valence-electron chi connectivity index (χ4n) is 0.575. The second-order valence-corrected chi connectivity index (χ2v) is 2.13. The molecule has 10 heavy (non-hydrogen) atoms. The number of nitrogens with zero attached hydrogens (tertiary/aromatic N) is 2. The summed E-state index contributed by atoms with van der Waals surface area (Å²) in [6.45, 7) is 0.672. The van der Waals surface area contributed by atoms with Crippen molar-refractivity contribution < 1.29 is 0 Å². The van der Waals surface area contributed by atoms with Crippen LogP contribution >= 0.6 is 12.2 Å². The van der Waals surface area contributed by atoms with Gasteiger partial charge in [0, 0.05) is 6.54 Å². The molecule has 0 aliphatic heterocycles. The quantitative estimate of drug-likeness (QED) is 0.610. The standard InChI is InChI=1S/C5H8N4S/c6-2-1-3-9-4-7-8-5(9)10/h1-2,4H,3,6H2,(H,8,10). The summed E-state index contributed by atoms with van der Waals surface area (Å²) >= 11 is 4.87. The van der Waals surface area contributed by atoms with Crippen molar-refractivity contribution in [3.05, 3.63) is 23.4 Å². The van der Waals surface area contributed by atoms with Crippen molar-refractivity contribution in [1.29, 1.82) is 0 Å². The van der Waals surface area contributed by atoms with E-state index in [1.807, 2.05) is 0 Å². The van der Waals surface area contributed by atoms with Gasteiger partial charge in [0.1, 0.15) is 6.33 Å². The third kappa shape index (κ3) is 1.44. The maximum Gasteiger partial charge on any atom is 0.195 e. The Bertz CT molecular complexity index is 271. The van der Waals surface area contributed by atoms with Gasteiger partial charge in [-0.1, -0.05) is 0 Å². The molecule has 0 fully saturated rings. The molecule has 3 N–H and O–H groups in total. The molecule has 4 nitrogen and oxygen atoms in total. The summed E-state index contributed by atoms with van der Waals surface area (Å²) in [6, 6.07) is 0. The molecule has 0 aromatic carbocycles. The van der Waals surface area contributed by atoms with E-state index in [9.17, 15) is 0 Å². The number of aromatic amines is 1. The van der Waals surface area contributed by atoms with Gasteiger partial charge in [-0.15, -0.1) is 0 Å². The van der Waals surface area contributed by atoms with Gasteiger partial charge in [-0.3, -0.25) is 5.10 Å². The number of rotatable bonds is 2. The summed E-state index contributed by atoms with van der Waals surface area (Å²) in [5, 5.41) is 6.36. The second-order valence-electron chi connectivity index (χ2n) is 1.74. The van der Waals surface area contributed by atoms with Gasteiger partial charge in [-0.05, 0) is 24.5 Å². The Morgan fingerprint density at radius 1 is 1.90 bits per heavy atom. The molecule has 0 saturated heterocycles. The Morgan fingerprint density at radius 3 is 3.20 bits per heavy atom. The van der Waals surface area contributed by atoms with Gasteiger partial charge in [-0.25, -0.2) is 0 Å². The van der Waals surface area contributed by atoms with Gasteiger partial charge in [0.15, 0.2) is 4.77 Å². The molecule has 0 spiro atoms. The van der Waals surface area contributed by atoms with Crippen LogP contribution < -0.4 is 5.73 Å². The Morgan fingerprint density at radius 2 is 2.70 bits per heavy atom. The highest BCUT2D eigenvalue weighted by Gasteiger charge is 1.86. The number of nitrogens with one attached hydrogen (secondary N) is 1. The van der Waals surface area contributed by atoms with E-state index < -0.39 is 0 Å². The lowest BCUT2D eigenvalue weighted by molar-refractivity contribution is 0.802. The highest BCUT2D eigenvalue weighted by atomic mass is 32.1. The zero-order chi connectivity index (χ0) is 7.40. The van der Waals surface area contributed by atoms with Crippen LogP contribution in [0, 0.1) is 4.77 Å². The number of hydrogen-bond donors (Lipinski definition) is 2. The Hall–Kier alpha value is -1.10. The summed E-state index contributed by atoms with van der Waals surface area (Å²) in [6.07, 6.45) is 4.91. The first-order valence-corrected chi connectivity index (χ1v) is 3.22. The molecule has 1 rings (SSSR count). The van der Waals surface area contributed by atoms with Crippen molar-refractivity contribution in [2.75, 3.05) is 0 Å². The van der Waals surface area contributed by atoms with Crippen molar-refractivity contribution in [2.24, 2.45) is 5.73 Å². The van der Waals surface area contributed by atoms with Crippen LogP contribution in [-0.4, -0.2) is 14.8 Å². The van der Waals surface area contributed by atoms with Gasteiger partial charge in [0.05, 0.1) is 0 Å². The molecular weight excluding hydrogens is 148 g/mol. The van der Waals surface area contributed by atoms with Gasteiger partial charge in [0.25, 0.3) is 0 Å². The van der Waals surface area contributed by atoms with E-state index >= 15 is 0 Å². The lowest BCUT2D eigenvalue weighted by Crippen LogP contribution is -1.93. The Kier molecular flexibility index (Phi) is 2.22. The fourth-order valence-corrected chi connectivity index (χ4v) is 0.749. The normalized spacial score (nSPS) is 10.8. The molecule has 0 bridgehead atoms. The molecule has 0 unspecified atom stereocenters. The molecule has 0 radical (unpaired) electrons. The van der Waals surface area contributed by atoms with Crippen LogP contribution in [0.25, 0.3) is 0 Å². The summed E-state index contributed by atoms with van der Waals surface area (Å²) < 4.78 is 2.39. The zero-order valence-electron chi connectivity index (χ0n) is 5.32. The smallest absolute Gasteiger partial charge is 0.195 e. The lowest BCUT2D eigenvalue weighted by atomic mass is 10.6. The molecule has 0 amide bonds. The number of hydrogen-bond acceptors (Lipinski definition) is 3. The largest absolute Gasteiger partial charge is 0.405 e. The van der Waals surface area contributed by atoms with E-state index in [2.05, 4.69) is 10.2 Å². The first-order valence-electron chi connectivity index (χ1n) is 2.81. The fraction of sp³-hybridized carbons (Fsp3) is 0.200. The average molecular weight is 156 g/mol. The van der Waals surface area contributed by atoms with E-state index in [1.54, 1.807) is 17.0 Å². The van der Waals surface area contributed by atoms with Gasteiger partial charge in [0.2, 0.25) is 0 Å². The SMILES string of the molecule is NC=CCn1cn[nH]c1=S. The summed E-state index contributed by atoms with van der Waals surface area (Å²) in [4.78, 5) is 0. The van der Waals surface area contributed by atoms with Gasteiger partial charge >= 0.3 is 0 Å². The summed E-state index contributed by atoms with van der Waals surface area (Å²) in [5.41, 5.74) is 5.14. The van der Waals surface area contributed by atoms with Crippen molar-refractivity contribution in [2.45, 2.75) is 6.54 Å². The Balaban J connectivity index is 2.75. The van der Waals surface area contributed by atoms with Crippen molar-refractivity contribution in [1.82, 2.24) is 14.8 Å². The van der Waals surface area contributed by atoms with Crippen LogP contribution in [0.1, 0.15) is 0 Å². The molecule has 1 heterocycles. The van der Waals surface area contributed by atoms with Gasteiger partial charge in [-0.2, -0.15) is 5.10 Å². The maximum atomic E-state index is 5.14. The van der Waals surface area contributed by atoms with Gasteiger partial charge < -0.3 is 10.3 Å². The van der Waals surface area contributed by atoms with Crippen molar-refractivity contribution in [3.8, 4) is 0 Å². The van der Waals surface area contributed by atoms with Crippen molar-refractivity contribution >= 4 is 12.2 Å². The number of nitrogens with two attached hydrogens (primary N) is 1. The molecule has 1 aromatic heterocycles. The first-order chi connectivity index (χ1) is 4.84. The third-order valence-electron chi connectivity index (χ3n) is 1.06. The van der Waals surface area contributed by atoms with E-state index in [-0.39, 0.29) is 0 Å². The van der Waals surface area contributed by atoms with Crippen LogP contribution in [0.2, 0.25) is 0 Å². The minimum atomic E-state index is 0.609. The highest BCUT2D eigenvalue weighted by Crippen LogP contribution is 1.86. The predicted molar refractivity (Wildman–Crippen MR) is 40.7 cm³/mol. The summed E-state index contributed by atoms with van der Waals surface area (Å²) in [7, 11) is 0. The van der Waals surface area contributed by atoms with E-state index in [0.29, 0.717) is 11.3 Å². The van der Waals surface area contributed by atoms with E-state index in [4.69, 9.17) is 18.0 Å². The predicted octanol–water partition coefficient (Wildman–Crippen LogP) is 0.413. The minimum Gasteiger partial charge on any atom is -0.405 e. The molecule has 0 aliphatic carbocycles. The van der Waals surface area contributed by atoms with Crippen molar-refractivity contribution in [3.63, 3.8) is 0 Å². The number of aromatic nitrogens is 3. The second kappa shape index (κ2) is 3.17. The molecule has 54 valence electrons. The molecule has 1 aromatic rings. The molecular formula is C5H8N4S.